The van der Waals surface area contributed by atoms with Crippen LogP contribution >= 0.6 is 0 Å². The third-order valence-corrected chi connectivity index (χ3v) is 3.60. The van der Waals surface area contributed by atoms with E-state index in [-0.39, 0.29) is 16.9 Å². The van der Waals surface area contributed by atoms with E-state index in [9.17, 15) is 4.39 Å². The van der Waals surface area contributed by atoms with Crippen LogP contribution in [-0.4, -0.2) is 23.3 Å². The van der Waals surface area contributed by atoms with E-state index in [2.05, 4.69) is 4.98 Å². The lowest BCUT2D eigenvalue weighted by Crippen LogP contribution is -2.41. The van der Waals surface area contributed by atoms with E-state index in [4.69, 9.17) is 15.0 Å². The molecule has 2 N–H and O–H groups in total. The maximum Gasteiger partial charge on any atom is 0.487 e. The van der Waals surface area contributed by atoms with Crippen LogP contribution in [0.5, 0.6) is 0 Å². The molecule has 0 spiro atoms. The molecule has 0 radical (unpaired) electrons. The van der Waals surface area contributed by atoms with Gasteiger partial charge >= 0.3 is 7.12 Å². The average Bonchev–Trinajstić information content (AvgIpc) is 2.49. The summed E-state index contributed by atoms with van der Waals surface area (Å²) in [4.78, 5) is 3.56. The molecule has 1 aliphatic rings. The van der Waals surface area contributed by atoms with Crippen molar-refractivity contribution >= 4 is 18.9 Å². The minimum Gasteiger partial charge on any atom is -0.400 e. The first-order chi connectivity index (χ1) is 8.71. The second kappa shape index (κ2) is 4.61. The van der Waals surface area contributed by atoms with Crippen molar-refractivity contribution in [3.05, 3.63) is 29.7 Å². The Labute approximate surface area is 113 Å². The molecule has 0 aliphatic carbocycles. The van der Waals surface area contributed by atoms with Gasteiger partial charge in [0.1, 0.15) is 0 Å². The topological polar surface area (TPSA) is 57.4 Å². The van der Waals surface area contributed by atoms with E-state index in [1.54, 1.807) is 12.1 Å². The average molecular weight is 264 g/mol. The summed E-state index contributed by atoms with van der Waals surface area (Å²) in [5, 5.41) is 0. The fourth-order valence-corrected chi connectivity index (χ4v) is 1.73. The molecular weight excluding hydrogens is 246 g/mol. The first kappa shape index (κ1) is 14.0. The highest BCUT2D eigenvalue weighted by Crippen LogP contribution is 2.37. The van der Waals surface area contributed by atoms with Gasteiger partial charge in [0.2, 0.25) is 5.95 Å². The van der Waals surface area contributed by atoms with Crippen LogP contribution < -0.4 is 5.73 Å². The van der Waals surface area contributed by atoms with Gasteiger partial charge in [0.25, 0.3) is 0 Å². The Balaban J connectivity index is 2.10. The van der Waals surface area contributed by atoms with Gasteiger partial charge in [0.15, 0.2) is 0 Å². The van der Waals surface area contributed by atoms with Crippen molar-refractivity contribution in [1.82, 2.24) is 4.98 Å². The minimum absolute atomic E-state index is 0.0241. The quantitative estimate of drug-likeness (QED) is 0.658. The number of pyridine rings is 1. The molecule has 1 fully saturated rings. The van der Waals surface area contributed by atoms with Crippen molar-refractivity contribution in [3.8, 4) is 0 Å². The molecule has 0 aromatic carbocycles. The first-order valence-electron chi connectivity index (χ1n) is 6.16. The van der Waals surface area contributed by atoms with Gasteiger partial charge in [-0.2, -0.15) is 4.39 Å². The Morgan fingerprint density at radius 2 is 1.84 bits per heavy atom. The molecule has 0 saturated carbocycles. The molecule has 0 amide bonds. The first-order valence-corrected chi connectivity index (χ1v) is 6.16. The summed E-state index contributed by atoms with van der Waals surface area (Å²) < 4.78 is 24.5. The second-order valence-corrected chi connectivity index (χ2v) is 5.63. The van der Waals surface area contributed by atoms with Gasteiger partial charge in [-0.05, 0) is 39.3 Å². The number of nitrogens with zero attached hydrogens (tertiary/aromatic N) is 1. The highest BCUT2D eigenvalue weighted by atomic mass is 19.1. The van der Waals surface area contributed by atoms with Crippen LogP contribution in [0.2, 0.25) is 0 Å². The molecule has 19 heavy (non-hydrogen) atoms. The SMILES string of the molecule is CC1(C)OB(/C=C/c2cnc(F)c(N)c2)OC1(C)C. The summed E-state index contributed by atoms with van der Waals surface area (Å²) in [7, 11) is -0.434. The lowest BCUT2D eigenvalue weighted by Gasteiger charge is -2.32. The zero-order valence-electron chi connectivity index (χ0n) is 11.6. The van der Waals surface area contributed by atoms with Gasteiger partial charge in [0, 0.05) is 6.20 Å². The fraction of sp³-hybridized carbons (Fsp3) is 0.462. The number of aromatic nitrogens is 1. The maximum atomic E-state index is 12.9. The third kappa shape index (κ3) is 2.79. The van der Waals surface area contributed by atoms with Crippen molar-refractivity contribution in [3.63, 3.8) is 0 Å². The number of hydrogen-bond donors (Lipinski definition) is 1. The van der Waals surface area contributed by atoms with Crippen molar-refractivity contribution in [2.24, 2.45) is 0 Å². The standard InChI is InChI=1S/C13H18BFN2O2/c1-12(2)13(3,4)19-14(18-12)6-5-9-7-10(16)11(15)17-8-9/h5-8H,16H2,1-4H3/b6-5+. The Bertz CT molecular complexity index is 501. The summed E-state index contributed by atoms with van der Waals surface area (Å²) in [6, 6.07) is 1.52. The highest BCUT2D eigenvalue weighted by Gasteiger charge is 2.49. The molecule has 0 unspecified atom stereocenters. The summed E-state index contributed by atoms with van der Waals surface area (Å²) in [5.41, 5.74) is 5.44. The number of nitrogens with two attached hydrogens (primary N) is 1. The molecule has 2 rings (SSSR count). The van der Waals surface area contributed by atoms with Crippen molar-refractivity contribution in [2.75, 3.05) is 5.73 Å². The number of anilines is 1. The van der Waals surface area contributed by atoms with Gasteiger partial charge in [0.05, 0.1) is 16.9 Å². The molecule has 1 aliphatic heterocycles. The Kier molecular flexibility index (Phi) is 3.41. The van der Waals surface area contributed by atoms with Gasteiger partial charge in [-0.25, -0.2) is 4.98 Å². The van der Waals surface area contributed by atoms with E-state index in [0.717, 1.165) is 0 Å². The fourth-order valence-electron chi connectivity index (χ4n) is 1.73. The normalized spacial score (nSPS) is 21.2. The summed E-state index contributed by atoms with van der Waals surface area (Å²) >= 11 is 0. The summed E-state index contributed by atoms with van der Waals surface area (Å²) in [6.45, 7) is 7.94. The van der Waals surface area contributed by atoms with Gasteiger partial charge < -0.3 is 15.0 Å². The molecule has 1 aromatic heterocycles. The number of hydrogen-bond acceptors (Lipinski definition) is 4. The Hall–Kier alpha value is -1.40. The highest BCUT2D eigenvalue weighted by molar-refractivity contribution is 6.52. The van der Waals surface area contributed by atoms with E-state index in [1.165, 1.54) is 12.3 Å². The van der Waals surface area contributed by atoms with E-state index in [1.807, 2.05) is 27.7 Å². The van der Waals surface area contributed by atoms with Crippen LogP contribution in [0, 0.1) is 5.95 Å². The predicted octanol–water partition coefficient (Wildman–Crippen LogP) is 2.45. The van der Waals surface area contributed by atoms with Gasteiger partial charge in [-0.1, -0.05) is 12.1 Å². The van der Waals surface area contributed by atoms with Crippen LogP contribution in [0.1, 0.15) is 33.3 Å². The zero-order valence-corrected chi connectivity index (χ0v) is 11.6. The van der Waals surface area contributed by atoms with E-state index >= 15 is 0 Å². The van der Waals surface area contributed by atoms with Crippen molar-refractivity contribution in [2.45, 2.75) is 38.9 Å². The third-order valence-electron chi connectivity index (χ3n) is 3.60. The molecular formula is C13H18BFN2O2. The van der Waals surface area contributed by atoms with Crippen molar-refractivity contribution in [1.29, 1.82) is 0 Å². The van der Waals surface area contributed by atoms with Crippen LogP contribution in [0.15, 0.2) is 18.2 Å². The Morgan fingerprint density at radius 1 is 1.26 bits per heavy atom. The molecule has 2 heterocycles. The Morgan fingerprint density at radius 3 is 2.37 bits per heavy atom. The summed E-state index contributed by atoms with van der Waals surface area (Å²) in [6.07, 6.45) is 3.17. The van der Waals surface area contributed by atoms with E-state index < -0.39 is 13.1 Å². The lowest BCUT2D eigenvalue weighted by molar-refractivity contribution is 0.00578. The predicted molar refractivity (Wildman–Crippen MR) is 73.7 cm³/mol. The molecule has 1 aromatic rings. The zero-order chi connectivity index (χ0) is 14.3. The van der Waals surface area contributed by atoms with Crippen molar-refractivity contribution < 1.29 is 13.7 Å². The van der Waals surface area contributed by atoms with Crippen LogP contribution in [0.25, 0.3) is 6.08 Å². The van der Waals surface area contributed by atoms with Crippen LogP contribution in [-0.2, 0) is 9.31 Å². The largest absolute Gasteiger partial charge is 0.487 e. The minimum atomic E-state index is -0.659. The lowest BCUT2D eigenvalue weighted by atomic mass is 9.89. The molecule has 0 bridgehead atoms. The number of nitrogen functional groups attached to an aromatic ring is 1. The smallest absolute Gasteiger partial charge is 0.400 e. The second-order valence-electron chi connectivity index (χ2n) is 5.63. The van der Waals surface area contributed by atoms with Crippen LogP contribution in [0.4, 0.5) is 10.1 Å². The van der Waals surface area contributed by atoms with Crippen LogP contribution in [0.3, 0.4) is 0 Å². The molecule has 102 valence electrons. The van der Waals surface area contributed by atoms with E-state index in [0.29, 0.717) is 5.56 Å². The molecule has 1 saturated heterocycles. The van der Waals surface area contributed by atoms with Gasteiger partial charge in [-0.15, -0.1) is 0 Å². The number of halogens is 1. The van der Waals surface area contributed by atoms with Gasteiger partial charge in [-0.3, -0.25) is 0 Å². The molecule has 0 atom stereocenters. The number of rotatable bonds is 2. The molecule has 4 nitrogen and oxygen atoms in total. The maximum absolute atomic E-state index is 12.9. The monoisotopic (exact) mass is 264 g/mol. The summed E-state index contributed by atoms with van der Waals surface area (Å²) in [5.74, 6) is 1.11. The molecule has 6 heteroatoms.